The van der Waals surface area contributed by atoms with E-state index in [0.29, 0.717) is 0 Å². The van der Waals surface area contributed by atoms with Gasteiger partial charge < -0.3 is 10.8 Å². The molecule has 3 heteroatoms. The van der Waals surface area contributed by atoms with Crippen molar-refractivity contribution in [1.82, 2.24) is 4.98 Å². The zero-order valence-electron chi connectivity index (χ0n) is 4.13. The van der Waals surface area contributed by atoms with E-state index in [0.717, 1.165) is 0 Å². The summed E-state index contributed by atoms with van der Waals surface area (Å²) in [5, 5.41) is 8.65. The molecule has 0 aliphatic carbocycles. The number of pyridine rings is 1. The normalized spacial score (nSPS) is 9.00. The molecule has 0 aromatic carbocycles. The SMILES string of the molecule is Nc1[c]ccnc1O. The third kappa shape index (κ3) is 0.703. The summed E-state index contributed by atoms with van der Waals surface area (Å²) in [6.45, 7) is 0. The van der Waals surface area contributed by atoms with Crippen molar-refractivity contribution in [2.75, 3.05) is 5.73 Å². The molecule has 1 aromatic rings. The minimum atomic E-state index is -0.160. The van der Waals surface area contributed by atoms with Gasteiger partial charge in [0, 0.05) is 12.3 Å². The molecular formula is C5H5N2O. The standard InChI is InChI=1S/C5H5N2O/c6-4-2-1-3-7-5(4)8/h1,3H,6H2,(H,7,8). The van der Waals surface area contributed by atoms with Crippen LogP contribution in [-0.2, 0) is 0 Å². The summed E-state index contributed by atoms with van der Waals surface area (Å²) in [6.07, 6.45) is 1.42. The van der Waals surface area contributed by atoms with Crippen molar-refractivity contribution in [3.63, 3.8) is 0 Å². The lowest BCUT2D eigenvalue weighted by atomic mass is 10.4. The van der Waals surface area contributed by atoms with E-state index in [1.54, 1.807) is 0 Å². The Labute approximate surface area is 46.8 Å². The maximum atomic E-state index is 8.65. The fourth-order valence-electron chi connectivity index (χ4n) is 0.369. The number of rotatable bonds is 0. The Balaban J connectivity index is 3.13. The zero-order valence-corrected chi connectivity index (χ0v) is 4.13. The molecule has 0 spiro atoms. The molecule has 8 heavy (non-hydrogen) atoms. The number of anilines is 1. The van der Waals surface area contributed by atoms with Crippen molar-refractivity contribution < 1.29 is 5.11 Å². The van der Waals surface area contributed by atoms with Gasteiger partial charge in [-0.2, -0.15) is 0 Å². The monoisotopic (exact) mass is 109 g/mol. The van der Waals surface area contributed by atoms with Gasteiger partial charge in [0.15, 0.2) is 0 Å². The van der Waals surface area contributed by atoms with E-state index in [1.165, 1.54) is 12.3 Å². The number of nitrogens with two attached hydrogens (primary N) is 1. The lowest BCUT2D eigenvalue weighted by molar-refractivity contribution is 0.456. The average Bonchev–Trinajstić information content (AvgIpc) is 1.77. The molecule has 0 fully saturated rings. The van der Waals surface area contributed by atoms with Gasteiger partial charge in [-0.1, -0.05) is 0 Å². The van der Waals surface area contributed by atoms with Gasteiger partial charge in [-0.3, -0.25) is 0 Å². The fraction of sp³-hybridized carbons (Fsp3) is 0. The zero-order chi connectivity index (χ0) is 5.98. The summed E-state index contributed by atoms with van der Waals surface area (Å²) in [5.74, 6) is -0.160. The van der Waals surface area contributed by atoms with Crippen LogP contribution in [0.25, 0.3) is 0 Å². The number of hydrogen-bond donors (Lipinski definition) is 2. The first-order valence-corrected chi connectivity index (χ1v) is 2.12. The van der Waals surface area contributed by atoms with Crippen molar-refractivity contribution in [1.29, 1.82) is 0 Å². The molecular weight excluding hydrogens is 104 g/mol. The molecule has 0 unspecified atom stereocenters. The first-order chi connectivity index (χ1) is 3.80. The molecule has 1 aromatic heterocycles. The van der Waals surface area contributed by atoms with E-state index < -0.39 is 0 Å². The fourth-order valence-corrected chi connectivity index (χ4v) is 0.369. The highest BCUT2D eigenvalue weighted by atomic mass is 16.3. The molecule has 0 amide bonds. The van der Waals surface area contributed by atoms with Crippen molar-refractivity contribution in [3.8, 4) is 5.88 Å². The molecule has 0 atom stereocenters. The van der Waals surface area contributed by atoms with Crippen LogP contribution in [0.15, 0.2) is 12.3 Å². The molecule has 0 saturated heterocycles. The Hall–Kier alpha value is -1.25. The number of nitrogen functional groups attached to an aromatic ring is 1. The molecule has 1 rings (SSSR count). The van der Waals surface area contributed by atoms with Crippen LogP contribution in [0.2, 0.25) is 0 Å². The van der Waals surface area contributed by atoms with Crippen LogP contribution >= 0.6 is 0 Å². The highest BCUT2D eigenvalue weighted by Crippen LogP contribution is 2.11. The van der Waals surface area contributed by atoms with E-state index in [4.69, 9.17) is 10.8 Å². The van der Waals surface area contributed by atoms with Gasteiger partial charge >= 0.3 is 0 Å². The van der Waals surface area contributed by atoms with Gasteiger partial charge in [0.2, 0.25) is 5.88 Å². The lowest BCUT2D eigenvalue weighted by Crippen LogP contribution is -1.85. The molecule has 1 radical (unpaired) electrons. The van der Waals surface area contributed by atoms with Crippen LogP contribution in [0, 0.1) is 6.07 Å². The van der Waals surface area contributed by atoms with Gasteiger partial charge in [0.05, 0.1) is 0 Å². The van der Waals surface area contributed by atoms with E-state index in [9.17, 15) is 0 Å². The molecule has 0 bridgehead atoms. The Morgan fingerprint density at radius 2 is 2.50 bits per heavy atom. The quantitative estimate of drug-likeness (QED) is 0.499. The van der Waals surface area contributed by atoms with Crippen molar-refractivity contribution in [2.24, 2.45) is 0 Å². The Morgan fingerprint density at radius 1 is 1.75 bits per heavy atom. The predicted octanol–water partition coefficient (Wildman–Crippen LogP) is 0.170. The Kier molecular flexibility index (Phi) is 1.04. The average molecular weight is 109 g/mol. The number of hydrogen-bond acceptors (Lipinski definition) is 3. The maximum Gasteiger partial charge on any atom is 0.235 e. The summed E-state index contributed by atoms with van der Waals surface area (Å²) in [5.41, 5.74) is 5.34. The van der Waals surface area contributed by atoms with Gasteiger partial charge in [-0.05, 0) is 6.07 Å². The molecule has 0 aliphatic rings. The van der Waals surface area contributed by atoms with Gasteiger partial charge in [0.1, 0.15) is 5.69 Å². The Morgan fingerprint density at radius 3 is 2.88 bits per heavy atom. The second kappa shape index (κ2) is 1.69. The smallest absolute Gasteiger partial charge is 0.235 e. The number of nitrogens with zero attached hydrogens (tertiary/aromatic N) is 1. The number of aromatic hydroxyl groups is 1. The van der Waals surface area contributed by atoms with Gasteiger partial charge in [-0.15, -0.1) is 0 Å². The third-order valence-corrected chi connectivity index (χ3v) is 0.751. The van der Waals surface area contributed by atoms with Crippen molar-refractivity contribution >= 4 is 5.69 Å². The Bertz CT molecular complexity index is 167. The van der Waals surface area contributed by atoms with E-state index >= 15 is 0 Å². The second-order valence-corrected chi connectivity index (χ2v) is 1.33. The minimum absolute atomic E-state index is 0.160. The first-order valence-electron chi connectivity index (χ1n) is 2.12. The number of aromatic nitrogens is 1. The van der Waals surface area contributed by atoms with Crippen LogP contribution in [-0.4, -0.2) is 10.1 Å². The molecule has 1 heterocycles. The van der Waals surface area contributed by atoms with Crippen LogP contribution < -0.4 is 5.73 Å². The predicted molar refractivity (Wildman–Crippen MR) is 29.2 cm³/mol. The molecule has 0 aliphatic heterocycles. The summed E-state index contributed by atoms with van der Waals surface area (Å²) in [6, 6.07) is 4.10. The van der Waals surface area contributed by atoms with E-state index in [2.05, 4.69) is 11.1 Å². The molecule has 3 nitrogen and oxygen atoms in total. The van der Waals surface area contributed by atoms with Gasteiger partial charge in [0.25, 0.3) is 0 Å². The van der Waals surface area contributed by atoms with Crippen LogP contribution in [0.1, 0.15) is 0 Å². The topological polar surface area (TPSA) is 59.1 Å². The summed E-state index contributed by atoms with van der Waals surface area (Å²) >= 11 is 0. The molecule has 0 saturated carbocycles. The van der Waals surface area contributed by atoms with Crippen LogP contribution in [0.3, 0.4) is 0 Å². The largest absolute Gasteiger partial charge is 0.492 e. The second-order valence-electron chi connectivity index (χ2n) is 1.33. The van der Waals surface area contributed by atoms with E-state index in [1.807, 2.05) is 0 Å². The van der Waals surface area contributed by atoms with E-state index in [-0.39, 0.29) is 11.6 Å². The third-order valence-electron chi connectivity index (χ3n) is 0.751. The molecule has 41 valence electrons. The van der Waals surface area contributed by atoms with Crippen molar-refractivity contribution in [3.05, 3.63) is 18.3 Å². The van der Waals surface area contributed by atoms with Crippen molar-refractivity contribution in [2.45, 2.75) is 0 Å². The lowest BCUT2D eigenvalue weighted by Gasteiger charge is -1.90. The van der Waals surface area contributed by atoms with Gasteiger partial charge in [-0.25, -0.2) is 4.98 Å². The molecule has 3 N–H and O–H groups in total. The van der Waals surface area contributed by atoms with Crippen LogP contribution in [0.4, 0.5) is 5.69 Å². The highest BCUT2D eigenvalue weighted by molar-refractivity contribution is 5.44. The maximum absolute atomic E-state index is 8.65. The summed E-state index contributed by atoms with van der Waals surface area (Å²) in [7, 11) is 0. The highest BCUT2D eigenvalue weighted by Gasteiger charge is 1.90. The van der Waals surface area contributed by atoms with Crippen LogP contribution in [0.5, 0.6) is 5.88 Å². The summed E-state index contributed by atoms with van der Waals surface area (Å²) < 4.78 is 0. The summed E-state index contributed by atoms with van der Waals surface area (Å²) in [4.78, 5) is 3.48. The first kappa shape index (κ1) is 4.90. The minimum Gasteiger partial charge on any atom is -0.492 e.